The first-order chi connectivity index (χ1) is 23.2. The zero-order valence-corrected chi connectivity index (χ0v) is 26.0. The highest BCUT2D eigenvalue weighted by molar-refractivity contribution is 7.25. The molecule has 0 saturated carbocycles. The molecular weight excluding hydrogens is 591 g/mol. The maximum Gasteiger partial charge on any atom is 0.0991 e. The van der Waals surface area contributed by atoms with Gasteiger partial charge in [-0.3, -0.25) is 0 Å². The molecule has 0 saturated heterocycles. The van der Waals surface area contributed by atoms with E-state index in [-0.39, 0.29) is 0 Å². The molecule has 0 aliphatic carbocycles. The van der Waals surface area contributed by atoms with E-state index in [1.807, 2.05) is 29.5 Å². The molecule has 0 fully saturated rings. The highest BCUT2D eigenvalue weighted by Gasteiger charge is 2.19. The van der Waals surface area contributed by atoms with Gasteiger partial charge in [0.15, 0.2) is 0 Å². The largest absolute Gasteiger partial charge is 0.309 e. The molecule has 0 spiro atoms. The molecule has 0 radical (unpaired) electrons. The van der Waals surface area contributed by atoms with Crippen LogP contribution in [0, 0.1) is 11.3 Å². The Hall–Kier alpha value is -6.15. The Morgan fingerprint density at radius 1 is 0.404 bits per heavy atom. The lowest BCUT2D eigenvalue weighted by Crippen LogP contribution is -2.00. The number of rotatable bonds is 3. The van der Waals surface area contributed by atoms with Crippen molar-refractivity contribution < 1.29 is 0 Å². The average Bonchev–Trinajstić information content (AvgIpc) is 3.78. The molecule has 0 amide bonds. The fourth-order valence-corrected chi connectivity index (χ4v) is 8.58. The van der Waals surface area contributed by atoms with Gasteiger partial charge in [0.25, 0.3) is 0 Å². The lowest BCUT2D eigenvalue weighted by molar-refractivity contribution is 1.14. The van der Waals surface area contributed by atoms with Crippen LogP contribution in [-0.2, 0) is 0 Å². The van der Waals surface area contributed by atoms with Crippen LogP contribution >= 0.6 is 11.3 Å². The molecule has 3 heterocycles. The third-order valence-corrected chi connectivity index (χ3v) is 10.6. The van der Waals surface area contributed by atoms with Gasteiger partial charge in [0, 0.05) is 53.1 Å². The van der Waals surface area contributed by atoms with Crippen LogP contribution in [0.2, 0.25) is 0 Å². The summed E-state index contributed by atoms with van der Waals surface area (Å²) >= 11 is 1.86. The molecule has 0 unspecified atom stereocenters. The summed E-state index contributed by atoms with van der Waals surface area (Å²) in [6.45, 7) is 0. The number of benzene rings is 7. The number of fused-ring (bicyclic) bond motifs is 9. The smallest absolute Gasteiger partial charge is 0.0991 e. The Labute approximate surface area is 274 Å². The molecule has 0 atom stereocenters. The summed E-state index contributed by atoms with van der Waals surface area (Å²) < 4.78 is 7.41. The summed E-state index contributed by atoms with van der Waals surface area (Å²) in [5.41, 5.74) is 9.54. The van der Waals surface area contributed by atoms with Gasteiger partial charge in [-0.1, -0.05) is 84.9 Å². The molecule has 218 valence electrons. The predicted octanol–water partition coefficient (Wildman–Crippen LogP) is 11.8. The molecular formula is C43H25N3S. The maximum atomic E-state index is 9.78. The summed E-state index contributed by atoms with van der Waals surface area (Å²) in [6.07, 6.45) is 0. The number of nitriles is 1. The molecule has 7 aromatic carbocycles. The van der Waals surface area contributed by atoms with Crippen molar-refractivity contribution >= 4 is 75.1 Å². The Bertz CT molecular complexity index is 2880. The zero-order valence-electron chi connectivity index (χ0n) is 25.2. The third kappa shape index (κ3) is 3.85. The van der Waals surface area contributed by atoms with Gasteiger partial charge in [-0.2, -0.15) is 5.26 Å². The van der Waals surface area contributed by atoms with Crippen molar-refractivity contribution in [2.45, 2.75) is 0 Å². The van der Waals surface area contributed by atoms with Crippen LogP contribution in [0.4, 0.5) is 0 Å². The molecule has 3 nitrogen and oxygen atoms in total. The van der Waals surface area contributed by atoms with Crippen LogP contribution in [0.15, 0.2) is 152 Å². The molecule has 10 rings (SSSR count). The van der Waals surface area contributed by atoms with Crippen molar-refractivity contribution in [1.29, 1.82) is 5.26 Å². The second-order valence-corrected chi connectivity index (χ2v) is 13.2. The van der Waals surface area contributed by atoms with Crippen molar-refractivity contribution in [1.82, 2.24) is 9.13 Å². The fraction of sp³-hybridized carbons (Fsp3) is 0. The highest BCUT2D eigenvalue weighted by atomic mass is 32.1. The first-order valence-electron chi connectivity index (χ1n) is 15.7. The first kappa shape index (κ1) is 26.1. The summed E-state index contributed by atoms with van der Waals surface area (Å²) in [5, 5.41) is 17.3. The normalized spacial score (nSPS) is 11.8. The minimum absolute atomic E-state index is 0.648. The first-order valence-corrected chi connectivity index (χ1v) is 16.6. The molecule has 0 N–H and O–H groups in total. The van der Waals surface area contributed by atoms with Crippen molar-refractivity contribution in [3.05, 3.63) is 157 Å². The van der Waals surface area contributed by atoms with Gasteiger partial charge in [0.1, 0.15) is 0 Å². The molecule has 0 aliphatic heterocycles. The summed E-state index contributed by atoms with van der Waals surface area (Å²) in [5.74, 6) is 0. The Balaban J connectivity index is 1.34. The Morgan fingerprint density at radius 3 is 1.64 bits per heavy atom. The number of thiophene rings is 1. The molecule has 10 aromatic rings. The second kappa shape index (κ2) is 9.92. The summed E-state index contributed by atoms with van der Waals surface area (Å²) in [6, 6.07) is 56.6. The Morgan fingerprint density at radius 2 is 0.979 bits per heavy atom. The van der Waals surface area contributed by atoms with Gasteiger partial charge in [0.2, 0.25) is 0 Å². The molecule has 4 heteroatoms. The lowest BCUT2D eigenvalue weighted by Gasteiger charge is -2.16. The Kier molecular flexibility index (Phi) is 5.51. The standard InChI is InChI=1S/C43H25N3S/c44-26-27-10-9-11-28(20-27)29-21-30(45-38-16-5-1-12-32(38)33-13-2-6-17-39(33)45)23-31(22-29)46-40-18-7-3-14-34(40)36-25-43-37(24-41(36)46)35-15-4-8-19-42(35)47-43/h1-25H. The van der Waals surface area contributed by atoms with Crippen molar-refractivity contribution in [3.63, 3.8) is 0 Å². The van der Waals surface area contributed by atoms with Crippen molar-refractivity contribution in [2.24, 2.45) is 0 Å². The number of aromatic nitrogens is 2. The van der Waals surface area contributed by atoms with E-state index in [0.717, 1.165) is 33.5 Å². The summed E-state index contributed by atoms with van der Waals surface area (Å²) in [7, 11) is 0. The van der Waals surface area contributed by atoms with E-state index in [1.165, 1.54) is 52.8 Å². The number of hydrogen-bond acceptors (Lipinski definition) is 2. The van der Waals surface area contributed by atoms with E-state index in [2.05, 4.69) is 149 Å². The summed E-state index contributed by atoms with van der Waals surface area (Å²) in [4.78, 5) is 0. The molecule has 3 aromatic heterocycles. The van der Waals surface area contributed by atoms with Crippen LogP contribution in [0.25, 0.3) is 86.3 Å². The number of nitrogens with zero attached hydrogens (tertiary/aromatic N) is 3. The van der Waals surface area contributed by atoms with E-state index in [0.29, 0.717) is 5.56 Å². The van der Waals surface area contributed by atoms with E-state index >= 15 is 0 Å². The van der Waals surface area contributed by atoms with Gasteiger partial charge in [0.05, 0.1) is 33.7 Å². The van der Waals surface area contributed by atoms with E-state index < -0.39 is 0 Å². The van der Waals surface area contributed by atoms with Gasteiger partial charge in [-0.25, -0.2) is 0 Å². The maximum absolute atomic E-state index is 9.78. The SMILES string of the molecule is N#Cc1cccc(-c2cc(-n3c4ccccc4c4ccccc43)cc(-n3c4ccccc4c4cc5sc6ccccc6c5cc43)c2)c1. The van der Waals surface area contributed by atoms with E-state index in [4.69, 9.17) is 0 Å². The molecule has 47 heavy (non-hydrogen) atoms. The van der Waals surface area contributed by atoms with Gasteiger partial charge in [-0.15, -0.1) is 11.3 Å². The van der Waals surface area contributed by atoms with Crippen LogP contribution in [0.3, 0.4) is 0 Å². The second-order valence-electron chi connectivity index (χ2n) is 12.1. The van der Waals surface area contributed by atoms with Crippen LogP contribution in [0.5, 0.6) is 0 Å². The average molecular weight is 616 g/mol. The van der Waals surface area contributed by atoms with Crippen LogP contribution < -0.4 is 0 Å². The quantitative estimate of drug-likeness (QED) is 0.195. The monoisotopic (exact) mass is 615 g/mol. The molecule has 0 bridgehead atoms. The van der Waals surface area contributed by atoms with Gasteiger partial charge < -0.3 is 9.13 Å². The number of hydrogen-bond donors (Lipinski definition) is 0. The van der Waals surface area contributed by atoms with Crippen LogP contribution in [0.1, 0.15) is 5.56 Å². The highest BCUT2D eigenvalue weighted by Crippen LogP contribution is 2.42. The van der Waals surface area contributed by atoms with E-state index in [9.17, 15) is 5.26 Å². The van der Waals surface area contributed by atoms with Crippen molar-refractivity contribution in [2.75, 3.05) is 0 Å². The minimum Gasteiger partial charge on any atom is -0.309 e. The fourth-order valence-electron chi connectivity index (χ4n) is 7.45. The minimum atomic E-state index is 0.648. The van der Waals surface area contributed by atoms with Gasteiger partial charge in [-0.05, 0) is 77.9 Å². The topological polar surface area (TPSA) is 33.6 Å². The lowest BCUT2D eigenvalue weighted by atomic mass is 10.0. The van der Waals surface area contributed by atoms with Crippen LogP contribution in [-0.4, -0.2) is 9.13 Å². The number of para-hydroxylation sites is 3. The predicted molar refractivity (Wildman–Crippen MR) is 198 cm³/mol. The van der Waals surface area contributed by atoms with E-state index in [1.54, 1.807) is 0 Å². The third-order valence-electron chi connectivity index (χ3n) is 9.50. The zero-order chi connectivity index (χ0) is 31.1. The van der Waals surface area contributed by atoms with Gasteiger partial charge >= 0.3 is 0 Å². The molecule has 0 aliphatic rings. The van der Waals surface area contributed by atoms with Crippen molar-refractivity contribution in [3.8, 4) is 28.6 Å².